The molecule has 118 valence electrons. The third-order valence-electron chi connectivity index (χ3n) is 4.15. The molecular weight excluding hydrogens is 270 g/mol. The average Bonchev–Trinajstić information content (AvgIpc) is 2.36. The van der Waals surface area contributed by atoms with Crippen LogP contribution in [0.1, 0.15) is 49.9 Å². The van der Waals surface area contributed by atoms with Gasteiger partial charge in [0.25, 0.3) is 0 Å². The molecule has 0 bridgehead atoms. The Morgan fingerprint density at radius 1 is 0.773 bits per heavy atom. The van der Waals surface area contributed by atoms with Crippen LogP contribution >= 0.6 is 0 Å². The monoisotopic (exact) mass is 297 g/mol. The second-order valence-electron chi connectivity index (χ2n) is 7.28. The normalized spacial score (nSPS) is 12.5. The first-order valence-corrected chi connectivity index (χ1v) is 7.75. The van der Waals surface area contributed by atoms with Crippen LogP contribution in [0.3, 0.4) is 0 Å². The van der Waals surface area contributed by atoms with Crippen molar-refractivity contribution >= 4 is 0 Å². The van der Waals surface area contributed by atoms with Gasteiger partial charge in [0, 0.05) is 5.54 Å². The molecule has 0 aliphatic carbocycles. The van der Waals surface area contributed by atoms with E-state index in [2.05, 4.69) is 32.0 Å². The summed E-state index contributed by atoms with van der Waals surface area (Å²) in [5.41, 5.74) is 11.7. The van der Waals surface area contributed by atoms with E-state index >= 15 is 0 Å². The summed E-state index contributed by atoms with van der Waals surface area (Å²) in [6.07, 6.45) is 0. The first-order chi connectivity index (χ1) is 10.0. The van der Waals surface area contributed by atoms with Crippen LogP contribution in [0.15, 0.2) is 36.4 Å². The summed E-state index contributed by atoms with van der Waals surface area (Å²) in [4.78, 5) is 0. The van der Waals surface area contributed by atoms with Crippen LogP contribution in [0.25, 0.3) is 11.1 Å². The highest BCUT2D eigenvalue weighted by molar-refractivity contribution is 5.78. The molecular formula is C20H27NO. The zero-order valence-corrected chi connectivity index (χ0v) is 14.5. The van der Waals surface area contributed by atoms with Crippen molar-refractivity contribution in [3.63, 3.8) is 0 Å². The number of nitrogens with two attached hydrogens (primary N) is 1. The summed E-state index contributed by atoms with van der Waals surface area (Å²) in [7, 11) is 0. The minimum absolute atomic E-state index is 0.444. The molecule has 0 radical (unpaired) electrons. The van der Waals surface area contributed by atoms with Crippen LogP contribution in [-0.2, 0) is 11.1 Å². The van der Waals surface area contributed by atoms with E-state index in [4.69, 9.17) is 5.73 Å². The van der Waals surface area contributed by atoms with Crippen LogP contribution in [0.5, 0.6) is 0 Å². The number of benzene rings is 2. The van der Waals surface area contributed by atoms with Crippen LogP contribution in [0, 0.1) is 13.8 Å². The van der Waals surface area contributed by atoms with Gasteiger partial charge in [0.2, 0.25) is 0 Å². The lowest BCUT2D eigenvalue weighted by molar-refractivity contribution is 0.0791. The number of aliphatic hydroxyl groups is 1. The average molecular weight is 297 g/mol. The molecule has 0 aliphatic heterocycles. The van der Waals surface area contributed by atoms with E-state index in [1.165, 1.54) is 5.56 Å². The Morgan fingerprint density at radius 3 is 1.59 bits per heavy atom. The van der Waals surface area contributed by atoms with Crippen molar-refractivity contribution in [1.82, 2.24) is 0 Å². The van der Waals surface area contributed by atoms with E-state index in [-0.39, 0.29) is 0 Å². The summed E-state index contributed by atoms with van der Waals surface area (Å²) < 4.78 is 0. The molecule has 22 heavy (non-hydrogen) atoms. The molecule has 0 saturated carbocycles. The van der Waals surface area contributed by atoms with Gasteiger partial charge in [0.05, 0.1) is 5.60 Å². The standard InChI is InChI=1S/C20H27NO/c1-13-9-7-11-15(19(3,4)21)17(13)18-14(2)10-8-12-16(18)20(5,6)22/h7-12,22H,21H2,1-6H3. The third kappa shape index (κ3) is 3.08. The van der Waals surface area contributed by atoms with Gasteiger partial charge in [0.15, 0.2) is 0 Å². The Kier molecular flexibility index (Phi) is 4.20. The largest absolute Gasteiger partial charge is 0.386 e. The molecule has 3 N–H and O–H groups in total. The molecule has 2 rings (SSSR count). The van der Waals surface area contributed by atoms with Crippen LogP contribution in [0.4, 0.5) is 0 Å². The Bertz CT molecular complexity index is 626. The van der Waals surface area contributed by atoms with Crippen LogP contribution in [-0.4, -0.2) is 5.11 Å². The molecule has 0 aromatic heterocycles. The summed E-state index contributed by atoms with van der Waals surface area (Å²) in [5, 5.41) is 10.6. The third-order valence-corrected chi connectivity index (χ3v) is 4.15. The maximum Gasteiger partial charge on any atom is 0.0846 e. The minimum atomic E-state index is -0.903. The topological polar surface area (TPSA) is 46.2 Å². The fourth-order valence-corrected chi connectivity index (χ4v) is 3.05. The first kappa shape index (κ1) is 16.7. The Balaban J connectivity index is 2.90. The molecule has 2 heteroatoms. The predicted molar refractivity (Wildman–Crippen MR) is 93.8 cm³/mol. The molecule has 0 unspecified atom stereocenters. The quantitative estimate of drug-likeness (QED) is 0.882. The maximum atomic E-state index is 10.6. The van der Waals surface area contributed by atoms with Gasteiger partial charge in [-0.1, -0.05) is 36.4 Å². The van der Waals surface area contributed by atoms with Crippen molar-refractivity contribution in [2.75, 3.05) is 0 Å². The van der Waals surface area contributed by atoms with E-state index in [1.807, 2.05) is 45.9 Å². The molecule has 2 aromatic carbocycles. The van der Waals surface area contributed by atoms with Crippen molar-refractivity contribution in [3.8, 4) is 11.1 Å². The van der Waals surface area contributed by atoms with E-state index in [0.29, 0.717) is 0 Å². The van der Waals surface area contributed by atoms with Crippen molar-refractivity contribution in [2.24, 2.45) is 5.73 Å². The van der Waals surface area contributed by atoms with Gasteiger partial charge in [0.1, 0.15) is 0 Å². The highest BCUT2D eigenvalue weighted by atomic mass is 16.3. The van der Waals surface area contributed by atoms with Gasteiger partial charge >= 0.3 is 0 Å². The smallest absolute Gasteiger partial charge is 0.0846 e. The molecule has 2 aromatic rings. The highest BCUT2D eigenvalue weighted by Crippen LogP contribution is 2.40. The summed E-state index contributed by atoms with van der Waals surface area (Å²) in [5.74, 6) is 0. The molecule has 0 aliphatic rings. The SMILES string of the molecule is Cc1cccc(C(C)(C)N)c1-c1c(C)cccc1C(C)(C)O. The number of hydrogen-bond donors (Lipinski definition) is 2. The van der Waals surface area contributed by atoms with Crippen molar-refractivity contribution in [2.45, 2.75) is 52.7 Å². The van der Waals surface area contributed by atoms with Gasteiger partial charge in [-0.2, -0.15) is 0 Å². The Hall–Kier alpha value is -1.64. The minimum Gasteiger partial charge on any atom is -0.386 e. The summed E-state index contributed by atoms with van der Waals surface area (Å²) in [6, 6.07) is 12.3. The Labute approximate surface area is 134 Å². The number of hydrogen-bond acceptors (Lipinski definition) is 2. The van der Waals surface area contributed by atoms with Crippen molar-refractivity contribution < 1.29 is 5.11 Å². The lowest BCUT2D eigenvalue weighted by Crippen LogP contribution is -2.30. The summed E-state index contributed by atoms with van der Waals surface area (Å²) >= 11 is 0. The number of aryl methyl sites for hydroxylation is 2. The highest BCUT2D eigenvalue weighted by Gasteiger charge is 2.27. The van der Waals surface area contributed by atoms with Crippen molar-refractivity contribution in [1.29, 1.82) is 0 Å². The number of rotatable bonds is 3. The molecule has 0 heterocycles. The summed E-state index contributed by atoms with van der Waals surface area (Å²) in [6.45, 7) is 11.9. The molecule has 2 nitrogen and oxygen atoms in total. The van der Waals surface area contributed by atoms with Crippen molar-refractivity contribution in [3.05, 3.63) is 58.7 Å². The fraction of sp³-hybridized carbons (Fsp3) is 0.400. The fourth-order valence-electron chi connectivity index (χ4n) is 3.05. The van der Waals surface area contributed by atoms with E-state index in [0.717, 1.165) is 27.8 Å². The van der Waals surface area contributed by atoms with Gasteiger partial charge in [-0.05, 0) is 74.9 Å². The van der Waals surface area contributed by atoms with E-state index in [9.17, 15) is 5.11 Å². The zero-order chi connectivity index (χ0) is 16.7. The van der Waals surface area contributed by atoms with Crippen LogP contribution < -0.4 is 5.73 Å². The van der Waals surface area contributed by atoms with Crippen LogP contribution in [0.2, 0.25) is 0 Å². The van der Waals surface area contributed by atoms with Gasteiger partial charge < -0.3 is 10.8 Å². The van der Waals surface area contributed by atoms with Gasteiger partial charge in [-0.15, -0.1) is 0 Å². The second-order valence-corrected chi connectivity index (χ2v) is 7.28. The molecule has 0 amide bonds. The predicted octanol–water partition coefficient (Wildman–Crippen LogP) is 4.39. The molecule has 0 spiro atoms. The molecule has 0 fully saturated rings. The second kappa shape index (κ2) is 5.53. The van der Waals surface area contributed by atoms with Gasteiger partial charge in [-0.25, -0.2) is 0 Å². The lowest BCUT2D eigenvalue weighted by Gasteiger charge is -2.29. The molecule has 0 saturated heterocycles. The first-order valence-electron chi connectivity index (χ1n) is 7.75. The van der Waals surface area contributed by atoms with E-state index in [1.54, 1.807) is 0 Å². The zero-order valence-electron chi connectivity index (χ0n) is 14.5. The van der Waals surface area contributed by atoms with Gasteiger partial charge in [-0.3, -0.25) is 0 Å². The Morgan fingerprint density at radius 2 is 1.18 bits per heavy atom. The van der Waals surface area contributed by atoms with E-state index < -0.39 is 11.1 Å². The molecule has 0 atom stereocenters. The maximum absolute atomic E-state index is 10.6. The lowest BCUT2D eigenvalue weighted by atomic mass is 9.79.